The standard InChI is InChI=1S/C13H16ClNO/c1-15-13(9-5-4-8-12(13)16)10-6-2-3-7-11(10)14/h2-3,6-7,15H,4-5,8-9H2,1H3/i1D3,2D,3D,6D,7D,9D2. The van der Waals surface area contributed by atoms with Gasteiger partial charge in [0, 0.05) is 18.3 Å². The van der Waals surface area contributed by atoms with Crippen LogP contribution in [-0.4, -0.2) is 12.8 Å². The highest BCUT2D eigenvalue weighted by Gasteiger charge is 2.40. The fraction of sp³-hybridized carbons (Fsp3) is 0.462. The van der Waals surface area contributed by atoms with Gasteiger partial charge in [-0.1, -0.05) is 36.1 Å². The molecule has 0 aromatic heterocycles. The molecule has 0 spiro atoms. The summed E-state index contributed by atoms with van der Waals surface area (Å²) in [4.78, 5) is 12.8. The zero-order chi connectivity index (χ0) is 19.4. The molecule has 0 aliphatic heterocycles. The van der Waals surface area contributed by atoms with Gasteiger partial charge >= 0.3 is 0 Å². The van der Waals surface area contributed by atoms with Crippen LogP contribution in [0.4, 0.5) is 0 Å². The van der Waals surface area contributed by atoms with Gasteiger partial charge in [-0.05, 0) is 31.4 Å². The molecule has 2 nitrogen and oxygen atoms in total. The fourth-order valence-electron chi connectivity index (χ4n) is 1.77. The molecule has 1 aliphatic carbocycles. The van der Waals surface area contributed by atoms with Gasteiger partial charge < -0.3 is 5.32 Å². The number of carbonyl (C=O) groups excluding carboxylic acids is 1. The van der Waals surface area contributed by atoms with Gasteiger partial charge in [-0.25, -0.2) is 0 Å². The number of hydrogen-bond acceptors (Lipinski definition) is 2. The van der Waals surface area contributed by atoms with Crippen LogP contribution in [0.3, 0.4) is 0 Å². The molecule has 1 aliphatic rings. The summed E-state index contributed by atoms with van der Waals surface area (Å²) >= 11 is 6.07. The quantitative estimate of drug-likeness (QED) is 0.870. The molecule has 2 rings (SSSR count). The number of halogens is 1. The minimum Gasteiger partial charge on any atom is -0.304 e. The Morgan fingerprint density at radius 3 is 3.12 bits per heavy atom. The van der Waals surface area contributed by atoms with Crippen molar-refractivity contribution in [2.24, 2.45) is 0 Å². The van der Waals surface area contributed by atoms with Crippen LogP contribution in [-0.2, 0) is 10.3 Å². The SMILES string of the molecule is [2H]c1c([2H])c([2H])c(C2(NC([2H])([2H])[2H])C(=O)CCCC2([2H])[2H])c(Cl)c1[2H]. The Kier molecular flexibility index (Phi) is 1.36. The Morgan fingerprint density at radius 2 is 2.38 bits per heavy atom. The first-order valence-electron chi connectivity index (χ1n) is 9.35. The first kappa shape index (κ1) is 4.79. The van der Waals surface area contributed by atoms with Crippen molar-refractivity contribution in [3.63, 3.8) is 0 Å². The summed E-state index contributed by atoms with van der Waals surface area (Å²) in [6.07, 6.45) is -2.53. The van der Waals surface area contributed by atoms with Gasteiger partial charge in [0.05, 0.1) is 5.48 Å². The third-order valence-electron chi connectivity index (χ3n) is 2.59. The molecule has 0 saturated heterocycles. The highest BCUT2D eigenvalue weighted by atomic mass is 35.5. The number of ketones is 1. The van der Waals surface area contributed by atoms with Gasteiger partial charge in [-0.3, -0.25) is 4.79 Å². The lowest BCUT2D eigenvalue weighted by Crippen LogP contribution is -2.49. The number of likely N-dealkylation sites (N-methyl/N-ethyl adjacent to an activating group) is 1. The van der Waals surface area contributed by atoms with Gasteiger partial charge in [0.15, 0.2) is 5.78 Å². The van der Waals surface area contributed by atoms with Crippen LogP contribution in [0.15, 0.2) is 24.2 Å². The van der Waals surface area contributed by atoms with E-state index in [1.807, 2.05) is 5.32 Å². The first-order chi connectivity index (χ1) is 11.3. The maximum atomic E-state index is 12.8. The number of Topliss-reactive ketones (excluding diaryl/α,β-unsaturated/α-hetero) is 1. The van der Waals surface area contributed by atoms with E-state index in [9.17, 15) is 4.79 Å². The molecule has 86 valence electrons. The molecule has 1 saturated carbocycles. The molecule has 1 atom stereocenters. The molecule has 0 heterocycles. The lowest BCUT2D eigenvalue weighted by atomic mass is 9.75. The number of hydrogen-bond donors (Lipinski definition) is 1. The average molecular weight is 247 g/mol. The van der Waals surface area contributed by atoms with Crippen molar-refractivity contribution >= 4 is 17.4 Å². The molecule has 0 radical (unpaired) electrons. The van der Waals surface area contributed by atoms with E-state index in [0.717, 1.165) is 0 Å². The van der Waals surface area contributed by atoms with Crippen molar-refractivity contribution in [2.75, 3.05) is 6.98 Å². The Labute approximate surface area is 114 Å². The largest absolute Gasteiger partial charge is 0.304 e. The third-order valence-corrected chi connectivity index (χ3v) is 2.88. The Morgan fingerprint density at radius 1 is 1.56 bits per heavy atom. The molecular formula is C13H16ClNO. The van der Waals surface area contributed by atoms with Crippen LogP contribution in [0.1, 0.15) is 43.5 Å². The smallest absolute Gasteiger partial charge is 0.157 e. The normalized spacial score (nSPS) is 37.8. The topological polar surface area (TPSA) is 29.1 Å². The molecule has 1 N–H and O–H groups in total. The van der Waals surface area contributed by atoms with Crippen molar-refractivity contribution in [2.45, 2.75) is 31.2 Å². The van der Waals surface area contributed by atoms with Crippen LogP contribution in [0, 0.1) is 0 Å². The van der Waals surface area contributed by atoms with E-state index in [4.69, 9.17) is 23.9 Å². The minimum absolute atomic E-state index is 0.137. The molecule has 1 aromatic rings. The lowest BCUT2D eigenvalue weighted by molar-refractivity contribution is -0.127. The summed E-state index contributed by atoms with van der Waals surface area (Å²) in [6, 6.07) is -2.75. The van der Waals surface area contributed by atoms with Gasteiger partial charge in [-0.2, -0.15) is 0 Å². The monoisotopic (exact) mass is 246 g/mol. The number of benzene rings is 1. The van der Waals surface area contributed by atoms with Crippen LogP contribution in [0.2, 0.25) is 5.02 Å². The highest BCUT2D eigenvalue weighted by molar-refractivity contribution is 6.31. The molecule has 0 bridgehead atoms. The van der Waals surface area contributed by atoms with Crippen molar-refractivity contribution < 1.29 is 17.1 Å². The molecular weight excluding hydrogens is 222 g/mol. The second-order valence-corrected chi connectivity index (χ2v) is 3.90. The second-order valence-electron chi connectivity index (χ2n) is 3.52. The van der Waals surface area contributed by atoms with Crippen molar-refractivity contribution in [1.82, 2.24) is 5.32 Å². The molecule has 1 unspecified atom stereocenters. The van der Waals surface area contributed by atoms with E-state index in [1.54, 1.807) is 0 Å². The summed E-state index contributed by atoms with van der Waals surface area (Å²) in [6.45, 7) is -2.94. The van der Waals surface area contributed by atoms with Crippen LogP contribution in [0.5, 0.6) is 0 Å². The fourth-order valence-corrected chi connectivity index (χ4v) is 2.01. The maximum Gasteiger partial charge on any atom is 0.157 e. The molecule has 1 aromatic carbocycles. The molecule has 3 heteroatoms. The molecule has 16 heavy (non-hydrogen) atoms. The van der Waals surface area contributed by atoms with E-state index >= 15 is 0 Å². The summed E-state index contributed by atoms with van der Waals surface area (Å²) in [7, 11) is 0. The number of rotatable bonds is 2. The van der Waals surface area contributed by atoms with Gasteiger partial charge in [0.1, 0.15) is 5.54 Å². The Bertz CT molecular complexity index is 704. The summed E-state index contributed by atoms with van der Waals surface area (Å²) in [5.74, 6) is -0.813. The second kappa shape index (κ2) is 4.56. The van der Waals surface area contributed by atoms with E-state index in [1.165, 1.54) is 0 Å². The van der Waals surface area contributed by atoms with E-state index in [2.05, 4.69) is 0 Å². The van der Waals surface area contributed by atoms with Crippen LogP contribution in [0.25, 0.3) is 0 Å². The highest BCUT2D eigenvalue weighted by Crippen LogP contribution is 2.37. The number of carbonyl (C=O) groups is 1. The van der Waals surface area contributed by atoms with Crippen molar-refractivity contribution in [3.8, 4) is 0 Å². The van der Waals surface area contributed by atoms with Gasteiger partial charge in [0.25, 0.3) is 0 Å². The lowest BCUT2D eigenvalue weighted by Gasteiger charge is -2.36. The zero-order valence-corrected chi connectivity index (χ0v) is 9.16. The van der Waals surface area contributed by atoms with E-state index in [-0.39, 0.29) is 19.3 Å². The average Bonchev–Trinajstić information content (AvgIpc) is 2.47. The predicted molar refractivity (Wildman–Crippen MR) is 65.7 cm³/mol. The van der Waals surface area contributed by atoms with Crippen LogP contribution >= 0.6 is 11.6 Å². The molecule has 1 fully saturated rings. The summed E-state index contributed by atoms with van der Waals surface area (Å²) < 4.78 is 70.3. The minimum atomic E-state index is -2.94. The molecule has 0 amide bonds. The van der Waals surface area contributed by atoms with E-state index in [0.29, 0.717) is 0 Å². The van der Waals surface area contributed by atoms with Crippen LogP contribution < -0.4 is 5.32 Å². The maximum absolute atomic E-state index is 12.8. The van der Waals surface area contributed by atoms with E-state index < -0.39 is 59.4 Å². The van der Waals surface area contributed by atoms with Crippen molar-refractivity contribution in [1.29, 1.82) is 0 Å². The van der Waals surface area contributed by atoms with Gasteiger partial charge in [-0.15, -0.1) is 0 Å². The summed E-state index contributed by atoms with van der Waals surface area (Å²) in [5, 5.41) is 1.46. The first-order valence-corrected chi connectivity index (χ1v) is 5.23. The van der Waals surface area contributed by atoms with Gasteiger partial charge in [0.2, 0.25) is 0 Å². The number of nitrogens with one attached hydrogen (secondary N) is 1. The van der Waals surface area contributed by atoms with Crippen molar-refractivity contribution in [3.05, 3.63) is 34.8 Å². The third kappa shape index (κ3) is 1.76. The summed E-state index contributed by atoms with van der Waals surface area (Å²) in [5.41, 5.74) is -3.06. The Balaban J connectivity index is 2.95. The Hall–Kier alpha value is -0.860. The predicted octanol–water partition coefficient (Wildman–Crippen LogP) is 2.90. The zero-order valence-electron chi connectivity index (χ0n) is 17.4.